The molecular formula is C9H7IOS2. The topological polar surface area (TPSA) is 20.2 Å². The molecule has 1 heterocycles. The zero-order chi connectivity index (χ0) is 9.42. The van der Waals surface area contributed by atoms with Gasteiger partial charge >= 0.3 is 0 Å². The van der Waals surface area contributed by atoms with E-state index in [0.717, 1.165) is 13.3 Å². The molecule has 0 saturated carbocycles. The highest BCUT2D eigenvalue weighted by Crippen LogP contribution is 2.33. The van der Waals surface area contributed by atoms with E-state index < -0.39 is 0 Å². The van der Waals surface area contributed by atoms with Gasteiger partial charge in [-0.3, -0.25) is 0 Å². The molecule has 0 atom stereocenters. The largest absolute Gasteiger partial charge is 0.392 e. The van der Waals surface area contributed by atoms with Crippen LogP contribution in [0.2, 0.25) is 0 Å². The minimum absolute atomic E-state index is 0.105. The maximum atomic E-state index is 9.07. The summed E-state index contributed by atoms with van der Waals surface area (Å²) >= 11 is 8.23. The number of fused-ring (bicyclic) bond motifs is 1. The van der Waals surface area contributed by atoms with Gasteiger partial charge in [0.25, 0.3) is 0 Å². The minimum atomic E-state index is 0.105. The average Bonchev–Trinajstić information content (AvgIpc) is 2.47. The van der Waals surface area contributed by atoms with Crippen LogP contribution in [-0.2, 0) is 6.61 Å². The van der Waals surface area contributed by atoms with Crippen molar-refractivity contribution in [2.45, 2.75) is 10.8 Å². The first-order chi connectivity index (χ1) is 6.22. The van der Waals surface area contributed by atoms with Gasteiger partial charge in [0.2, 0.25) is 0 Å². The Morgan fingerprint density at radius 1 is 1.46 bits per heavy atom. The lowest BCUT2D eigenvalue weighted by Gasteiger charge is -2.00. The van der Waals surface area contributed by atoms with Crippen LogP contribution in [0.1, 0.15) is 5.56 Å². The summed E-state index contributed by atoms with van der Waals surface area (Å²) in [5.74, 6) is 0. The molecule has 0 aliphatic carbocycles. The minimum Gasteiger partial charge on any atom is -0.392 e. The first kappa shape index (κ1) is 9.76. The molecule has 4 heteroatoms. The van der Waals surface area contributed by atoms with Gasteiger partial charge in [-0.15, -0.1) is 24.0 Å². The molecule has 0 spiro atoms. The van der Waals surface area contributed by atoms with E-state index >= 15 is 0 Å². The van der Waals surface area contributed by atoms with E-state index in [1.807, 2.05) is 18.2 Å². The number of aliphatic hydroxyl groups excluding tert-OH is 1. The summed E-state index contributed by atoms with van der Waals surface area (Å²) in [6, 6.07) is 6.04. The Hall–Kier alpha value is 0.220. The lowest BCUT2D eigenvalue weighted by Crippen LogP contribution is -1.86. The molecular weight excluding hydrogens is 315 g/mol. The van der Waals surface area contributed by atoms with E-state index in [4.69, 9.17) is 5.11 Å². The number of benzene rings is 1. The lowest BCUT2D eigenvalue weighted by atomic mass is 10.2. The van der Waals surface area contributed by atoms with Gasteiger partial charge in [-0.2, -0.15) is 0 Å². The normalized spacial score (nSPS) is 11.0. The van der Waals surface area contributed by atoms with Crippen molar-refractivity contribution in [3.8, 4) is 0 Å². The second-order valence-corrected chi connectivity index (χ2v) is 5.62. The molecule has 0 aliphatic heterocycles. The smallest absolute Gasteiger partial charge is 0.0692 e. The Labute approximate surface area is 99.3 Å². The van der Waals surface area contributed by atoms with Gasteiger partial charge in [-0.05, 0) is 39.6 Å². The maximum absolute atomic E-state index is 9.07. The van der Waals surface area contributed by atoms with Crippen molar-refractivity contribution in [3.63, 3.8) is 0 Å². The van der Waals surface area contributed by atoms with Gasteiger partial charge in [0, 0.05) is 8.27 Å². The summed E-state index contributed by atoms with van der Waals surface area (Å²) in [6.07, 6.45) is 0. The van der Waals surface area contributed by atoms with Gasteiger partial charge in [-0.25, -0.2) is 0 Å². The SMILES string of the molecule is OCc1ccc2cc(S)sc2c1I. The van der Waals surface area contributed by atoms with E-state index in [1.165, 1.54) is 10.1 Å². The number of halogens is 1. The third-order valence-electron chi connectivity index (χ3n) is 1.86. The fraction of sp³-hybridized carbons (Fsp3) is 0.111. The predicted molar refractivity (Wildman–Crippen MR) is 67.7 cm³/mol. The maximum Gasteiger partial charge on any atom is 0.0692 e. The average molecular weight is 322 g/mol. The fourth-order valence-electron chi connectivity index (χ4n) is 1.22. The summed E-state index contributed by atoms with van der Waals surface area (Å²) in [5, 5.41) is 10.3. The molecule has 1 aromatic heterocycles. The van der Waals surface area contributed by atoms with Crippen LogP contribution in [0.5, 0.6) is 0 Å². The zero-order valence-electron chi connectivity index (χ0n) is 6.62. The number of hydrogen-bond acceptors (Lipinski definition) is 3. The van der Waals surface area contributed by atoms with Crippen molar-refractivity contribution in [1.29, 1.82) is 0 Å². The van der Waals surface area contributed by atoms with Crippen molar-refractivity contribution in [1.82, 2.24) is 0 Å². The molecule has 1 nitrogen and oxygen atoms in total. The van der Waals surface area contributed by atoms with Crippen molar-refractivity contribution < 1.29 is 5.11 Å². The van der Waals surface area contributed by atoms with Gasteiger partial charge in [-0.1, -0.05) is 12.1 Å². The van der Waals surface area contributed by atoms with Crippen LogP contribution < -0.4 is 0 Å². The molecule has 1 aromatic carbocycles. The monoisotopic (exact) mass is 322 g/mol. The molecule has 2 rings (SSSR count). The summed E-state index contributed by atoms with van der Waals surface area (Å²) in [5.41, 5.74) is 0.989. The molecule has 13 heavy (non-hydrogen) atoms. The lowest BCUT2D eigenvalue weighted by molar-refractivity contribution is 0.281. The summed E-state index contributed by atoms with van der Waals surface area (Å²) in [7, 11) is 0. The van der Waals surface area contributed by atoms with Gasteiger partial charge in [0.1, 0.15) is 0 Å². The van der Waals surface area contributed by atoms with Crippen molar-refractivity contribution in [2.75, 3.05) is 0 Å². The summed E-state index contributed by atoms with van der Waals surface area (Å²) in [6.45, 7) is 0.105. The van der Waals surface area contributed by atoms with Crippen molar-refractivity contribution >= 4 is 56.6 Å². The zero-order valence-corrected chi connectivity index (χ0v) is 10.5. The van der Waals surface area contributed by atoms with E-state index in [2.05, 4.69) is 35.2 Å². The highest BCUT2D eigenvalue weighted by atomic mass is 127. The Morgan fingerprint density at radius 2 is 2.23 bits per heavy atom. The van der Waals surface area contributed by atoms with E-state index in [-0.39, 0.29) is 6.61 Å². The van der Waals surface area contributed by atoms with Crippen LogP contribution >= 0.6 is 46.6 Å². The molecule has 1 N–H and O–H groups in total. The Morgan fingerprint density at radius 3 is 2.92 bits per heavy atom. The first-order valence-corrected chi connectivity index (χ1v) is 6.07. The second kappa shape index (κ2) is 3.76. The Kier molecular flexibility index (Phi) is 2.83. The quantitative estimate of drug-likeness (QED) is 0.610. The van der Waals surface area contributed by atoms with Crippen LogP contribution in [0.25, 0.3) is 10.1 Å². The molecule has 0 unspecified atom stereocenters. The van der Waals surface area contributed by atoms with Crippen LogP contribution in [0.4, 0.5) is 0 Å². The van der Waals surface area contributed by atoms with E-state index in [1.54, 1.807) is 11.3 Å². The predicted octanol–water partition coefficient (Wildman–Crippen LogP) is 3.29. The third kappa shape index (κ3) is 1.72. The van der Waals surface area contributed by atoms with Crippen LogP contribution in [0, 0.1) is 3.57 Å². The number of thiophene rings is 1. The number of rotatable bonds is 1. The molecule has 0 aliphatic rings. The second-order valence-electron chi connectivity index (χ2n) is 2.70. The van der Waals surface area contributed by atoms with Gasteiger partial charge < -0.3 is 5.11 Å². The molecule has 0 fully saturated rings. The molecule has 0 saturated heterocycles. The van der Waals surface area contributed by atoms with Crippen LogP contribution in [-0.4, -0.2) is 5.11 Å². The van der Waals surface area contributed by atoms with Gasteiger partial charge in [0.15, 0.2) is 0 Å². The van der Waals surface area contributed by atoms with E-state index in [9.17, 15) is 0 Å². The van der Waals surface area contributed by atoms with Crippen LogP contribution in [0.3, 0.4) is 0 Å². The molecule has 0 amide bonds. The number of aliphatic hydroxyl groups is 1. The van der Waals surface area contributed by atoms with Crippen LogP contribution in [0.15, 0.2) is 22.4 Å². The van der Waals surface area contributed by atoms with Crippen molar-refractivity contribution in [3.05, 3.63) is 27.3 Å². The molecule has 0 bridgehead atoms. The third-order valence-corrected chi connectivity index (χ3v) is 4.84. The number of thiol groups is 1. The highest BCUT2D eigenvalue weighted by Gasteiger charge is 2.06. The van der Waals surface area contributed by atoms with Crippen molar-refractivity contribution in [2.24, 2.45) is 0 Å². The molecule has 68 valence electrons. The van der Waals surface area contributed by atoms with E-state index in [0.29, 0.717) is 0 Å². The summed E-state index contributed by atoms with van der Waals surface area (Å²) in [4.78, 5) is 0. The summed E-state index contributed by atoms with van der Waals surface area (Å²) < 4.78 is 3.38. The standard InChI is InChI=1S/C9H7IOS2/c10-8-6(4-11)2-1-5-3-7(12)13-9(5)8/h1-3,11-12H,4H2. The molecule has 0 radical (unpaired) electrons. The first-order valence-electron chi connectivity index (χ1n) is 3.73. The molecule has 2 aromatic rings. The van der Waals surface area contributed by atoms with Gasteiger partial charge in [0.05, 0.1) is 10.8 Å². The highest BCUT2D eigenvalue weighted by molar-refractivity contribution is 14.1. The fourth-order valence-corrected chi connectivity index (χ4v) is 3.48. The Bertz CT molecular complexity index is 450. The Balaban J connectivity index is 2.78. The number of hydrogen-bond donors (Lipinski definition) is 2.